The Bertz CT molecular complexity index is 867. The van der Waals surface area contributed by atoms with Crippen LogP contribution < -0.4 is 10.0 Å². The molecule has 0 amide bonds. The predicted molar refractivity (Wildman–Crippen MR) is 107 cm³/mol. The molecule has 2 aromatic carbocycles. The smallest absolute Gasteiger partial charge is 0.337 e. The van der Waals surface area contributed by atoms with Crippen molar-refractivity contribution >= 4 is 21.7 Å². The zero-order valence-corrected chi connectivity index (χ0v) is 16.4. The van der Waals surface area contributed by atoms with Gasteiger partial charge in [-0.2, -0.15) is 0 Å². The van der Waals surface area contributed by atoms with Crippen molar-refractivity contribution in [1.82, 2.24) is 4.72 Å². The van der Waals surface area contributed by atoms with Crippen molar-refractivity contribution in [2.24, 2.45) is 0 Å². The van der Waals surface area contributed by atoms with Crippen LogP contribution in [0, 0.1) is 0 Å². The lowest BCUT2D eigenvalue weighted by Crippen LogP contribution is -2.27. The molecule has 1 unspecified atom stereocenters. The molecule has 0 saturated carbocycles. The number of carbonyl (C=O) groups is 1. The number of benzene rings is 2. The van der Waals surface area contributed by atoms with Gasteiger partial charge in [0.25, 0.3) is 0 Å². The van der Waals surface area contributed by atoms with Crippen LogP contribution in [0.25, 0.3) is 0 Å². The van der Waals surface area contributed by atoms with Crippen LogP contribution in [0.15, 0.2) is 53.4 Å². The molecule has 3 N–H and O–H groups in total. The van der Waals surface area contributed by atoms with E-state index in [2.05, 4.69) is 17.0 Å². The minimum Gasteiger partial charge on any atom is -0.478 e. The first-order valence-electron chi connectivity index (χ1n) is 9.03. The van der Waals surface area contributed by atoms with Crippen molar-refractivity contribution in [2.45, 2.75) is 44.0 Å². The maximum atomic E-state index is 12.7. The van der Waals surface area contributed by atoms with Gasteiger partial charge in [-0.3, -0.25) is 0 Å². The lowest BCUT2D eigenvalue weighted by Gasteiger charge is -2.16. The zero-order chi connectivity index (χ0) is 19.9. The monoisotopic (exact) mass is 390 g/mol. The number of carboxylic acid groups (broad SMARTS) is 1. The quantitative estimate of drug-likeness (QED) is 0.533. The van der Waals surface area contributed by atoms with E-state index in [4.69, 9.17) is 0 Å². The van der Waals surface area contributed by atoms with Gasteiger partial charge in [0.15, 0.2) is 0 Å². The molecule has 0 aliphatic carbocycles. The molecule has 146 valence electrons. The minimum absolute atomic E-state index is 0.0539. The Kier molecular flexibility index (Phi) is 7.38. The summed E-state index contributed by atoms with van der Waals surface area (Å²) in [6, 6.07) is 12.9. The van der Waals surface area contributed by atoms with Gasteiger partial charge in [-0.05, 0) is 37.1 Å². The summed E-state index contributed by atoms with van der Waals surface area (Å²) in [5.74, 6) is -1.17. The molecular weight excluding hydrogens is 364 g/mol. The second-order valence-corrected chi connectivity index (χ2v) is 8.11. The molecular formula is C20H26N2O4S. The first kappa shape index (κ1) is 20.9. The van der Waals surface area contributed by atoms with Crippen LogP contribution in [0.2, 0.25) is 0 Å². The number of sulfonamides is 1. The molecule has 0 heterocycles. The molecule has 7 heteroatoms. The van der Waals surface area contributed by atoms with E-state index in [1.807, 2.05) is 30.3 Å². The molecule has 0 fully saturated rings. The molecule has 0 radical (unpaired) electrons. The molecule has 0 aliphatic heterocycles. The van der Waals surface area contributed by atoms with Gasteiger partial charge < -0.3 is 10.4 Å². The Morgan fingerprint density at radius 2 is 1.81 bits per heavy atom. The number of hydrogen-bond acceptors (Lipinski definition) is 4. The van der Waals surface area contributed by atoms with Crippen molar-refractivity contribution in [3.8, 4) is 0 Å². The van der Waals surface area contributed by atoms with Gasteiger partial charge in [0.1, 0.15) is 0 Å². The Labute approximate surface area is 160 Å². The predicted octanol–water partition coefficient (Wildman–Crippen LogP) is 4.03. The topological polar surface area (TPSA) is 95.5 Å². The highest BCUT2D eigenvalue weighted by Gasteiger charge is 2.21. The maximum absolute atomic E-state index is 12.7. The van der Waals surface area contributed by atoms with Crippen molar-refractivity contribution in [3.05, 3.63) is 59.7 Å². The van der Waals surface area contributed by atoms with E-state index < -0.39 is 22.0 Å². The standard InChI is InChI=1S/C20H26N2O4S/c1-3-4-8-13-21-19-12-11-17(14-18(19)20(23)24)27(25,26)22-15(2)16-9-6-5-7-10-16/h5-7,9-12,14-15,21-22H,3-4,8,13H2,1-2H3,(H,23,24). The molecule has 6 nitrogen and oxygen atoms in total. The summed E-state index contributed by atoms with van der Waals surface area (Å²) in [7, 11) is -3.85. The van der Waals surface area contributed by atoms with Gasteiger partial charge >= 0.3 is 5.97 Å². The summed E-state index contributed by atoms with van der Waals surface area (Å²) in [4.78, 5) is 11.5. The number of hydrogen-bond donors (Lipinski definition) is 3. The van der Waals surface area contributed by atoms with Crippen molar-refractivity contribution in [3.63, 3.8) is 0 Å². The summed E-state index contributed by atoms with van der Waals surface area (Å²) < 4.78 is 27.9. The highest BCUT2D eigenvalue weighted by atomic mass is 32.2. The van der Waals surface area contributed by atoms with Crippen LogP contribution >= 0.6 is 0 Å². The third-order valence-electron chi connectivity index (χ3n) is 4.26. The minimum atomic E-state index is -3.85. The van der Waals surface area contributed by atoms with Gasteiger partial charge in [-0.25, -0.2) is 17.9 Å². The summed E-state index contributed by atoms with van der Waals surface area (Å²) in [5.41, 5.74) is 1.20. The van der Waals surface area contributed by atoms with Crippen LogP contribution in [0.1, 0.15) is 55.1 Å². The van der Waals surface area contributed by atoms with Gasteiger partial charge in [0.2, 0.25) is 10.0 Å². The zero-order valence-electron chi connectivity index (χ0n) is 15.6. The highest BCUT2D eigenvalue weighted by molar-refractivity contribution is 7.89. The Balaban J connectivity index is 2.21. The van der Waals surface area contributed by atoms with Gasteiger partial charge in [0.05, 0.1) is 10.5 Å². The second kappa shape index (κ2) is 9.53. The summed E-state index contributed by atoms with van der Waals surface area (Å²) >= 11 is 0. The van der Waals surface area contributed by atoms with E-state index in [0.29, 0.717) is 12.2 Å². The van der Waals surface area contributed by atoms with E-state index in [-0.39, 0.29) is 10.5 Å². The van der Waals surface area contributed by atoms with E-state index >= 15 is 0 Å². The van der Waals surface area contributed by atoms with Gasteiger partial charge in [0, 0.05) is 18.3 Å². The number of carboxylic acids is 1. The van der Waals surface area contributed by atoms with Crippen LogP contribution in [-0.2, 0) is 10.0 Å². The fraction of sp³-hybridized carbons (Fsp3) is 0.350. The fourth-order valence-electron chi connectivity index (χ4n) is 2.73. The average Bonchev–Trinajstić information content (AvgIpc) is 2.65. The number of unbranched alkanes of at least 4 members (excludes halogenated alkanes) is 2. The first-order valence-corrected chi connectivity index (χ1v) is 10.5. The Morgan fingerprint density at radius 1 is 1.11 bits per heavy atom. The Hall–Kier alpha value is -2.38. The third-order valence-corrected chi connectivity index (χ3v) is 5.80. The van der Waals surface area contributed by atoms with Crippen molar-refractivity contribution in [1.29, 1.82) is 0 Å². The van der Waals surface area contributed by atoms with E-state index in [9.17, 15) is 18.3 Å². The SMILES string of the molecule is CCCCCNc1ccc(S(=O)(=O)NC(C)c2ccccc2)cc1C(=O)O. The summed E-state index contributed by atoms with van der Waals surface area (Å²) in [5, 5.41) is 12.5. The summed E-state index contributed by atoms with van der Waals surface area (Å²) in [6.07, 6.45) is 3.03. The molecule has 2 rings (SSSR count). The van der Waals surface area contributed by atoms with E-state index in [0.717, 1.165) is 24.8 Å². The van der Waals surface area contributed by atoms with Crippen molar-refractivity contribution < 1.29 is 18.3 Å². The van der Waals surface area contributed by atoms with Gasteiger partial charge in [-0.15, -0.1) is 0 Å². The number of rotatable bonds is 10. The normalized spacial score (nSPS) is 12.5. The largest absolute Gasteiger partial charge is 0.478 e. The second-order valence-electron chi connectivity index (χ2n) is 6.40. The molecule has 0 aromatic heterocycles. The molecule has 0 bridgehead atoms. The number of nitrogens with one attached hydrogen (secondary N) is 2. The molecule has 27 heavy (non-hydrogen) atoms. The van der Waals surface area contributed by atoms with Crippen LogP contribution in [-0.4, -0.2) is 26.0 Å². The van der Waals surface area contributed by atoms with E-state index in [1.54, 1.807) is 6.92 Å². The lowest BCUT2D eigenvalue weighted by atomic mass is 10.1. The molecule has 0 saturated heterocycles. The van der Waals surface area contributed by atoms with Crippen LogP contribution in [0.4, 0.5) is 5.69 Å². The first-order chi connectivity index (χ1) is 12.8. The molecule has 2 aromatic rings. The molecule has 0 aliphatic rings. The van der Waals surface area contributed by atoms with Crippen LogP contribution in [0.3, 0.4) is 0 Å². The number of anilines is 1. The average molecular weight is 391 g/mol. The van der Waals surface area contributed by atoms with Crippen molar-refractivity contribution in [2.75, 3.05) is 11.9 Å². The Morgan fingerprint density at radius 3 is 2.44 bits per heavy atom. The third kappa shape index (κ3) is 5.80. The van der Waals surface area contributed by atoms with E-state index in [1.165, 1.54) is 18.2 Å². The molecule has 1 atom stereocenters. The maximum Gasteiger partial charge on any atom is 0.337 e. The highest BCUT2D eigenvalue weighted by Crippen LogP contribution is 2.23. The summed E-state index contributed by atoms with van der Waals surface area (Å²) in [6.45, 7) is 4.48. The fourth-order valence-corrected chi connectivity index (χ4v) is 3.99. The van der Waals surface area contributed by atoms with Gasteiger partial charge in [-0.1, -0.05) is 50.1 Å². The number of aromatic carboxylic acids is 1. The lowest BCUT2D eigenvalue weighted by molar-refractivity contribution is 0.0697. The van der Waals surface area contributed by atoms with Crippen LogP contribution in [0.5, 0.6) is 0 Å². The molecule has 0 spiro atoms.